The second-order valence-corrected chi connectivity index (χ2v) is 9.12. The third-order valence-electron chi connectivity index (χ3n) is 5.50. The average Bonchev–Trinajstić information content (AvgIpc) is 3.07. The lowest BCUT2D eigenvalue weighted by Crippen LogP contribution is -2.43. The maximum atomic E-state index is 12.5. The molecule has 1 amide bonds. The second-order valence-electron chi connectivity index (χ2n) is 8.31. The van der Waals surface area contributed by atoms with Crippen LogP contribution in [0.15, 0.2) is 18.2 Å². The zero-order valence-corrected chi connectivity index (χ0v) is 17.2. The van der Waals surface area contributed by atoms with Gasteiger partial charge >= 0.3 is 6.09 Å². The molecule has 1 aromatic rings. The molecular weight excluding hydrogens is 373 g/mol. The molecule has 4 nitrogen and oxygen atoms in total. The van der Waals surface area contributed by atoms with Gasteiger partial charge in [-0.25, -0.2) is 4.79 Å². The fourth-order valence-electron chi connectivity index (χ4n) is 4.18. The summed E-state index contributed by atoms with van der Waals surface area (Å²) in [6.45, 7) is 8.57. The van der Waals surface area contributed by atoms with Gasteiger partial charge in [0.25, 0.3) is 0 Å². The molecule has 1 unspecified atom stereocenters. The molecule has 3 rings (SSSR count). The van der Waals surface area contributed by atoms with E-state index in [2.05, 4.69) is 6.07 Å². The highest BCUT2D eigenvalue weighted by atomic mass is 35.5. The number of amides is 1. The third-order valence-corrected chi connectivity index (χ3v) is 6.24. The van der Waals surface area contributed by atoms with Crippen LogP contribution in [0.2, 0.25) is 10.0 Å². The number of halogens is 2. The number of hydrogen-bond acceptors (Lipinski definition) is 3. The van der Waals surface area contributed by atoms with Crippen molar-refractivity contribution in [2.24, 2.45) is 5.92 Å². The zero-order chi connectivity index (χ0) is 18.9. The molecular formula is C20H27Cl2NO3. The second kappa shape index (κ2) is 7.57. The minimum absolute atomic E-state index is 0.0385. The molecule has 1 atom stereocenters. The number of carbonyl (C=O) groups is 1. The summed E-state index contributed by atoms with van der Waals surface area (Å²) in [5.41, 5.74) is 0.685. The molecule has 0 saturated carbocycles. The van der Waals surface area contributed by atoms with Crippen LogP contribution in [0.3, 0.4) is 0 Å². The van der Waals surface area contributed by atoms with Gasteiger partial charge in [-0.15, -0.1) is 0 Å². The van der Waals surface area contributed by atoms with E-state index in [0.717, 1.165) is 39.0 Å². The molecule has 0 bridgehead atoms. The van der Waals surface area contributed by atoms with Gasteiger partial charge in [-0.3, -0.25) is 0 Å². The van der Waals surface area contributed by atoms with Crippen molar-refractivity contribution in [1.82, 2.24) is 4.90 Å². The summed E-state index contributed by atoms with van der Waals surface area (Å²) in [5, 5.41) is 1.15. The van der Waals surface area contributed by atoms with E-state index in [9.17, 15) is 4.79 Å². The molecule has 144 valence electrons. The maximum absolute atomic E-state index is 12.5. The predicted molar refractivity (Wildman–Crippen MR) is 104 cm³/mol. The summed E-state index contributed by atoms with van der Waals surface area (Å²) in [6, 6.07) is 5.94. The van der Waals surface area contributed by atoms with Crippen LogP contribution in [0.1, 0.15) is 45.6 Å². The van der Waals surface area contributed by atoms with E-state index in [1.165, 1.54) is 5.56 Å². The van der Waals surface area contributed by atoms with E-state index < -0.39 is 5.60 Å². The van der Waals surface area contributed by atoms with Gasteiger partial charge in [0.1, 0.15) is 5.60 Å². The van der Waals surface area contributed by atoms with E-state index in [-0.39, 0.29) is 11.5 Å². The van der Waals surface area contributed by atoms with Gasteiger partial charge in [0.05, 0.1) is 10.0 Å². The molecule has 6 heteroatoms. The van der Waals surface area contributed by atoms with Gasteiger partial charge in [-0.2, -0.15) is 0 Å². The molecule has 2 heterocycles. The standard InChI is InChI=1S/C20H27Cl2NO3/c1-19(2,3)26-18(24)23-9-6-15(13-23)20(7-10-25-11-8-20)14-4-5-16(21)17(22)12-14/h4-5,12,15H,6-11,13H2,1-3H3. The first-order chi connectivity index (χ1) is 12.2. The number of ether oxygens (including phenoxy) is 2. The van der Waals surface area contributed by atoms with E-state index in [1.54, 1.807) is 0 Å². The number of hydrogen-bond donors (Lipinski definition) is 0. The quantitative estimate of drug-likeness (QED) is 0.676. The van der Waals surface area contributed by atoms with E-state index in [1.807, 2.05) is 37.8 Å². The van der Waals surface area contributed by atoms with Crippen LogP contribution in [0.25, 0.3) is 0 Å². The first-order valence-electron chi connectivity index (χ1n) is 9.22. The fourth-order valence-corrected chi connectivity index (χ4v) is 4.48. The Morgan fingerprint density at radius 3 is 2.54 bits per heavy atom. The minimum Gasteiger partial charge on any atom is -0.444 e. The first kappa shape index (κ1) is 19.8. The Morgan fingerprint density at radius 1 is 1.23 bits per heavy atom. The molecule has 0 aliphatic carbocycles. The number of nitrogens with zero attached hydrogens (tertiary/aromatic N) is 1. The molecule has 0 aromatic heterocycles. The summed E-state index contributed by atoms with van der Waals surface area (Å²) >= 11 is 12.4. The van der Waals surface area contributed by atoms with Crippen molar-refractivity contribution in [3.05, 3.63) is 33.8 Å². The summed E-state index contributed by atoms with van der Waals surface area (Å²) in [7, 11) is 0. The molecule has 0 radical (unpaired) electrons. The highest BCUT2D eigenvalue weighted by Crippen LogP contribution is 2.46. The van der Waals surface area contributed by atoms with Gasteiger partial charge < -0.3 is 14.4 Å². The van der Waals surface area contributed by atoms with Gasteiger partial charge in [0.2, 0.25) is 0 Å². The van der Waals surface area contributed by atoms with Crippen LogP contribution in [-0.4, -0.2) is 42.9 Å². The van der Waals surface area contributed by atoms with Crippen LogP contribution < -0.4 is 0 Å². The SMILES string of the molecule is CC(C)(C)OC(=O)N1CCC(C2(c3ccc(Cl)c(Cl)c3)CCOCC2)C1. The topological polar surface area (TPSA) is 38.8 Å². The minimum atomic E-state index is -0.477. The van der Waals surface area contributed by atoms with Crippen molar-refractivity contribution >= 4 is 29.3 Å². The number of carbonyl (C=O) groups excluding carboxylic acids is 1. The summed E-state index contributed by atoms with van der Waals surface area (Å²) in [4.78, 5) is 14.3. The number of benzene rings is 1. The van der Waals surface area contributed by atoms with Crippen molar-refractivity contribution in [2.75, 3.05) is 26.3 Å². The fraction of sp³-hybridized carbons (Fsp3) is 0.650. The van der Waals surface area contributed by atoms with E-state index in [0.29, 0.717) is 22.5 Å². The first-order valence-corrected chi connectivity index (χ1v) is 9.98. The lowest BCUT2D eigenvalue weighted by molar-refractivity contribution is 0.0184. The van der Waals surface area contributed by atoms with Crippen molar-refractivity contribution in [1.29, 1.82) is 0 Å². The largest absolute Gasteiger partial charge is 0.444 e. The van der Waals surface area contributed by atoms with Gasteiger partial charge in [0.15, 0.2) is 0 Å². The smallest absolute Gasteiger partial charge is 0.410 e. The molecule has 2 aliphatic heterocycles. The van der Waals surface area contributed by atoms with Crippen molar-refractivity contribution in [2.45, 2.75) is 51.0 Å². The van der Waals surface area contributed by atoms with Crippen LogP contribution in [-0.2, 0) is 14.9 Å². The van der Waals surface area contributed by atoms with Crippen LogP contribution in [0.5, 0.6) is 0 Å². The molecule has 0 N–H and O–H groups in total. The van der Waals surface area contributed by atoms with Crippen LogP contribution in [0.4, 0.5) is 4.79 Å². The van der Waals surface area contributed by atoms with Crippen molar-refractivity contribution in [3.8, 4) is 0 Å². The van der Waals surface area contributed by atoms with Crippen molar-refractivity contribution < 1.29 is 14.3 Å². The van der Waals surface area contributed by atoms with Crippen LogP contribution >= 0.6 is 23.2 Å². The van der Waals surface area contributed by atoms with Gasteiger partial charge in [-0.05, 0) is 63.6 Å². The zero-order valence-electron chi connectivity index (χ0n) is 15.7. The normalized spacial score (nSPS) is 23.1. The summed E-state index contributed by atoms with van der Waals surface area (Å²) in [6.07, 6.45) is 2.59. The van der Waals surface area contributed by atoms with Gasteiger partial charge in [-0.1, -0.05) is 29.3 Å². The van der Waals surface area contributed by atoms with Gasteiger partial charge in [0, 0.05) is 31.7 Å². The Morgan fingerprint density at radius 2 is 1.92 bits per heavy atom. The monoisotopic (exact) mass is 399 g/mol. The highest BCUT2D eigenvalue weighted by Gasteiger charge is 2.46. The Labute approximate surface area is 165 Å². The molecule has 26 heavy (non-hydrogen) atoms. The predicted octanol–water partition coefficient (Wildman–Crippen LogP) is 5.30. The molecule has 2 aliphatic rings. The van der Waals surface area contributed by atoms with E-state index >= 15 is 0 Å². The van der Waals surface area contributed by atoms with Crippen LogP contribution in [0, 0.1) is 5.92 Å². The van der Waals surface area contributed by atoms with E-state index in [4.69, 9.17) is 32.7 Å². The molecule has 0 spiro atoms. The summed E-state index contributed by atoms with van der Waals surface area (Å²) < 4.78 is 11.2. The number of likely N-dealkylation sites (tertiary alicyclic amines) is 1. The maximum Gasteiger partial charge on any atom is 0.410 e. The Hall–Kier alpha value is -0.970. The highest BCUT2D eigenvalue weighted by molar-refractivity contribution is 6.42. The van der Waals surface area contributed by atoms with Crippen molar-refractivity contribution in [3.63, 3.8) is 0 Å². The average molecular weight is 400 g/mol. The summed E-state index contributed by atoms with van der Waals surface area (Å²) in [5.74, 6) is 0.358. The molecule has 1 aromatic carbocycles. The lowest BCUT2D eigenvalue weighted by Gasteiger charge is -2.43. The lowest BCUT2D eigenvalue weighted by atomic mass is 9.65. The third kappa shape index (κ3) is 4.13. The Kier molecular flexibility index (Phi) is 5.76. The number of rotatable bonds is 2. The molecule has 2 saturated heterocycles. The Bertz CT molecular complexity index is 666. The molecule has 2 fully saturated rings. The Balaban J connectivity index is 1.83.